The van der Waals surface area contributed by atoms with Crippen molar-refractivity contribution in [2.75, 3.05) is 12.4 Å². The number of methoxy groups -OCH3 is 1. The first-order valence-electron chi connectivity index (χ1n) is 5.81. The Labute approximate surface area is 122 Å². The Morgan fingerprint density at radius 1 is 1.57 bits per heavy atom. The number of nitrogens with zero attached hydrogens (tertiary/aromatic N) is 6. The van der Waals surface area contributed by atoms with E-state index in [0.29, 0.717) is 5.82 Å². The standard InChI is InChI=1S/C10H10N8O2S/c1-20-10-12-9(14-15-10)11-7(19)4-18-16-8(13-17-18)6-2-3-21-5-6/h2-3,5H,4H2,1H3,(H2,11,12,14,15,19). The van der Waals surface area contributed by atoms with Gasteiger partial charge in [0.25, 0.3) is 0 Å². The Balaban J connectivity index is 1.62. The molecule has 0 spiro atoms. The van der Waals surface area contributed by atoms with Gasteiger partial charge in [0.2, 0.25) is 17.7 Å². The van der Waals surface area contributed by atoms with Gasteiger partial charge in [-0.25, -0.2) is 5.10 Å². The number of rotatable bonds is 5. The number of H-pyrrole nitrogens is 1. The fourth-order valence-corrected chi connectivity index (χ4v) is 2.15. The number of tetrazole rings is 1. The lowest BCUT2D eigenvalue weighted by Crippen LogP contribution is -2.21. The van der Waals surface area contributed by atoms with Gasteiger partial charge in [0, 0.05) is 10.9 Å². The van der Waals surface area contributed by atoms with Crippen molar-refractivity contribution < 1.29 is 9.53 Å². The van der Waals surface area contributed by atoms with Gasteiger partial charge in [-0.05, 0) is 16.7 Å². The van der Waals surface area contributed by atoms with E-state index < -0.39 is 0 Å². The molecule has 3 aromatic heterocycles. The van der Waals surface area contributed by atoms with E-state index in [1.54, 1.807) is 0 Å². The molecule has 1 amide bonds. The molecular formula is C10H10N8O2S. The van der Waals surface area contributed by atoms with Gasteiger partial charge in [-0.2, -0.15) is 21.1 Å². The number of thiophene rings is 1. The van der Waals surface area contributed by atoms with Crippen LogP contribution in [0.3, 0.4) is 0 Å². The molecule has 10 nitrogen and oxygen atoms in total. The van der Waals surface area contributed by atoms with Crippen molar-refractivity contribution in [1.29, 1.82) is 0 Å². The molecule has 0 saturated carbocycles. The normalized spacial score (nSPS) is 10.5. The van der Waals surface area contributed by atoms with Gasteiger partial charge >= 0.3 is 6.01 Å². The number of aromatic amines is 1. The van der Waals surface area contributed by atoms with Crippen molar-refractivity contribution in [3.05, 3.63) is 16.8 Å². The number of anilines is 1. The van der Waals surface area contributed by atoms with Crippen molar-refractivity contribution in [3.63, 3.8) is 0 Å². The monoisotopic (exact) mass is 306 g/mol. The number of aromatic nitrogens is 7. The third-order valence-corrected chi connectivity index (χ3v) is 3.11. The van der Waals surface area contributed by atoms with Crippen LogP contribution in [0.15, 0.2) is 16.8 Å². The van der Waals surface area contributed by atoms with E-state index in [2.05, 4.69) is 35.9 Å². The Morgan fingerprint density at radius 2 is 2.48 bits per heavy atom. The number of hydrogen-bond acceptors (Lipinski definition) is 8. The average Bonchev–Trinajstić information content (AvgIpc) is 3.19. The smallest absolute Gasteiger partial charge is 0.336 e. The first-order chi connectivity index (χ1) is 10.2. The van der Waals surface area contributed by atoms with Crippen LogP contribution in [0.5, 0.6) is 6.01 Å². The molecule has 0 atom stereocenters. The molecule has 3 heterocycles. The Hall–Kier alpha value is -2.82. The lowest BCUT2D eigenvalue weighted by atomic mass is 10.3. The van der Waals surface area contributed by atoms with Crippen LogP contribution in [-0.4, -0.2) is 48.4 Å². The zero-order valence-corrected chi connectivity index (χ0v) is 11.7. The summed E-state index contributed by atoms with van der Waals surface area (Å²) in [4.78, 5) is 16.9. The third-order valence-electron chi connectivity index (χ3n) is 2.42. The number of hydrogen-bond donors (Lipinski definition) is 2. The van der Waals surface area contributed by atoms with Gasteiger partial charge in [-0.15, -0.1) is 15.3 Å². The summed E-state index contributed by atoms with van der Waals surface area (Å²) in [7, 11) is 1.43. The van der Waals surface area contributed by atoms with Crippen LogP contribution in [0.2, 0.25) is 0 Å². The third kappa shape index (κ3) is 3.02. The Morgan fingerprint density at radius 3 is 3.19 bits per heavy atom. The fraction of sp³-hybridized carbons (Fsp3) is 0.200. The topological polar surface area (TPSA) is 124 Å². The van der Waals surface area contributed by atoms with Gasteiger partial charge in [-0.1, -0.05) is 0 Å². The highest BCUT2D eigenvalue weighted by Crippen LogP contribution is 2.16. The SMILES string of the molecule is COc1n[nH]c(NC(=O)Cn2nnc(-c3ccsc3)n2)n1. The highest BCUT2D eigenvalue weighted by atomic mass is 32.1. The summed E-state index contributed by atoms with van der Waals surface area (Å²) in [6.07, 6.45) is 0. The number of ether oxygens (including phenoxy) is 1. The zero-order chi connectivity index (χ0) is 14.7. The summed E-state index contributed by atoms with van der Waals surface area (Å²) in [6, 6.07) is 2.02. The van der Waals surface area contributed by atoms with E-state index in [4.69, 9.17) is 4.74 Å². The average molecular weight is 306 g/mol. The molecule has 21 heavy (non-hydrogen) atoms. The lowest BCUT2D eigenvalue weighted by Gasteiger charge is -1.99. The van der Waals surface area contributed by atoms with Gasteiger partial charge < -0.3 is 4.74 Å². The molecule has 2 N–H and O–H groups in total. The van der Waals surface area contributed by atoms with E-state index in [0.717, 1.165) is 5.56 Å². The minimum Gasteiger partial charge on any atom is -0.466 e. The van der Waals surface area contributed by atoms with Crippen molar-refractivity contribution >= 4 is 23.2 Å². The summed E-state index contributed by atoms with van der Waals surface area (Å²) < 4.78 is 4.80. The van der Waals surface area contributed by atoms with Crippen LogP contribution in [0.25, 0.3) is 11.4 Å². The molecule has 0 aliphatic heterocycles. The molecule has 0 saturated heterocycles. The molecule has 11 heteroatoms. The summed E-state index contributed by atoms with van der Waals surface area (Å²) in [5, 5.41) is 24.4. The molecule has 108 valence electrons. The highest BCUT2D eigenvalue weighted by Gasteiger charge is 2.11. The number of amides is 1. The molecule has 0 aliphatic rings. The first kappa shape index (κ1) is 13.2. The number of carbonyl (C=O) groups is 1. The van der Waals surface area contributed by atoms with E-state index in [-0.39, 0.29) is 24.4 Å². The second kappa shape index (κ2) is 5.66. The number of nitrogens with one attached hydrogen (secondary N) is 2. The minimum atomic E-state index is -0.358. The molecule has 0 radical (unpaired) electrons. The maximum Gasteiger partial charge on any atom is 0.336 e. The van der Waals surface area contributed by atoms with Crippen LogP contribution in [0, 0.1) is 0 Å². The van der Waals surface area contributed by atoms with Crippen LogP contribution in [0.1, 0.15) is 0 Å². The van der Waals surface area contributed by atoms with Crippen LogP contribution in [0.4, 0.5) is 5.95 Å². The van der Waals surface area contributed by atoms with Crippen molar-refractivity contribution in [3.8, 4) is 17.4 Å². The quantitative estimate of drug-likeness (QED) is 0.688. The van der Waals surface area contributed by atoms with Gasteiger partial charge in [0.1, 0.15) is 6.54 Å². The van der Waals surface area contributed by atoms with Crippen molar-refractivity contribution in [1.82, 2.24) is 35.4 Å². The van der Waals surface area contributed by atoms with Gasteiger partial charge in [-0.3, -0.25) is 10.1 Å². The summed E-state index contributed by atoms with van der Waals surface area (Å²) in [5.74, 6) is 0.309. The maximum atomic E-state index is 11.8. The van der Waals surface area contributed by atoms with Gasteiger partial charge in [0.15, 0.2) is 0 Å². The summed E-state index contributed by atoms with van der Waals surface area (Å²) in [5.41, 5.74) is 0.867. The molecule has 0 aromatic carbocycles. The lowest BCUT2D eigenvalue weighted by molar-refractivity contribution is -0.117. The highest BCUT2D eigenvalue weighted by molar-refractivity contribution is 7.08. The molecular weight excluding hydrogens is 296 g/mol. The molecule has 3 rings (SSSR count). The molecule has 0 aliphatic carbocycles. The second-order valence-electron chi connectivity index (χ2n) is 3.87. The second-order valence-corrected chi connectivity index (χ2v) is 4.65. The van der Waals surface area contributed by atoms with E-state index in [1.807, 2.05) is 16.8 Å². The van der Waals surface area contributed by atoms with Gasteiger partial charge in [0.05, 0.1) is 7.11 Å². The van der Waals surface area contributed by atoms with E-state index >= 15 is 0 Å². The largest absolute Gasteiger partial charge is 0.466 e. The summed E-state index contributed by atoms with van der Waals surface area (Å²) in [6.45, 7) is -0.0832. The minimum absolute atomic E-state index is 0.0832. The van der Waals surface area contributed by atoms with Crippen LogP contribution in [-0.2, 0) is 11.3 Å². The number of carbonyl (C=O) groups excluding carboxylic acids is 1. The Bertz CT molecular complexity index is 734. The fourth-order valence-electron chi connectivity index (χ4n) is 1.51. The van der Waals surface area contributed by atoms with E-state index in [1.165, 1.54) is 23.2 Å². The van der Waals surface area contributed by atoms with Crippen LogP contribution < -0.4 is 10.1 Å². The van der Waals surface area contributed by atoms with E-state index in [9.17, 15) is 4.79 Å². The van der Waals surface area contributed by atoms with Crippen molar-refractivity contribution in [2.24, 2.45) is 0 Å². The predicted molar refractivity (Wildman–Crippen MR) is 72.7 cm³/mol. The predicted octanol–water partition coefficient (Wildman–Crippen LogP) is 0.167. The maximum absolute atomic E-state index is 11.8. The molecule has 0 bridgehead atoms. The molecule has 0 unspecified atom stereocenters. The molecule has 3 aromatic rings. The Kier molecular flexibility index (Phi) is 3.55. The van der Waals surface area contributed by atoms with Crippen LogP contribution >= 0.6 is 11.3 Å². The zero-order valence-electron chi connectivity index (χ0n) is 10.8. The first-order valence-corrected chi connectivity index (χ1v) is 6.75. The summed E-state index contributed by atoms with van der Waals surface area (Å²) >= 11 is 1.54. The van der Waals surface area contributed by atoms with Crippen molar-refractivity contribution in [2.45, 2.75) is 6.54 Å². The molecule has 0 fully saturated rings.